The molecule has 0 aromatic carbocycles. The number of rotatable bonds is 2. The van der Waals surface area contributed by atoms with Gasteiger partial charge in [0.15, 0.2) is 5.65 Å². The number of amides is 1. The predicted octanol–water partition coefficient (Wildman–Crippen LogP) is 2.47. The first-order chi connectivity index (χ1) is 9.08. The maximum absolute atomic E-state index is 11.9. The summed E-state index contributed by atoms with van der Waals surface area (Å²) in [5.41, 5.74) is 0.680. The van der Waals surface area contributed by atoms with E-state index in [1.165, 1.54) is 0 Å². The Balaban J connectivity index is 2.06. The van der Waals surface area contributed by atoms with Crippen LogP contribution in [0.1, 0.15) is 13.8 Å². The molecular formula is C12H13BrN4O2. The van der Waals surface area contributed by atoms with Crippen molar-refractivity contribution >= 4 is 33.5 Å². The van der Waals surface area contributed by atoms with E-state index < -0.39 is 0 Å². The van der Waals surface area contributed by atoms with Crippen LogP contribution < -0.4 is 4.90 Å². The van der Waals surface area contributed by atoms with E-state index in [4.69, 9.17) is 4.74 Å². The predicted molar refractivity (Wildman–Crippen MR) is 73.1 cm³/mol. The first kappa shape index (κ1) is 12.4. The summed E-state index contributed by atoms with van der Waals surface area (Å²) in [4.78, 5) is 18.0. The molecule has 1 fully saturated rings. The molecule has 1 unspecified atom stereocenters. The van der Waals surface area contributed by atoms with Crippen LogP contribution in [-0.2, 0) is 4.74 Å². The molecule has 1 amide bonds. The lowest BCUT2D eigenvalue weighted by molar-refractivity contribution is 0.177. The maximum Gasteiger partial charge on any atom is 0.415 e. The summed E-state index contributed by atoms with van der Waals surface area (Å²) in [6.07, 6.45) is 3.12. The first-order valence-electron chi connectivity index (χ1n) is 6.04. The van der Waals surface area contributed by atoms with Crippen LogP contribution in [0.15, 0.2) is 22.9 Å². The van der Waals surface area contributed by atoms with Crippen LogP contribution in [0.2, 0.25) is 0 Å². The Hall–Kier alpha value is -1.63. The van der Waals surface area contributed by atoms with E-state index in [2.05, 4.69) is 39.9 Å². The van der Waals surface area contributed by atoms with Crippen LogP contribution in [0.4, 0.5) is 10.6 Å². The van der Waals surface area contributed by atoms with Crippen LogP contribution in [0.5, 0.6) is 0 Å². The highest BCUT2D eigenvalue weighted by Gasteiger charge is 2.37. The molecule has 19 heavy (non-hydrogen) atoms. The molecule has 1 saturated heterocycles. The fraction of sp³-hybridized carbons (Fsp3) is 0.417. The minimum atomic E-state index is -0.341. The fourth-order valence-electron chi connectivity index (χ4n) is 2.16. The van der Waals surface area contributed by atoms with Crippen LogP contribution >= 0.6 is 15.9 Å². The van der Waals surface area contributed by atoms with E-state index in [1.807, 2.05) is 0 Å². The minimum Gasteiger partial charge on any atom is -0.447 e. The largest absolute Gasteiger partial charge is 0.447 e. The second-order valence-corrected chi connectivity index (χ2v) is 5.66. The molecule has 0 bridgehead atoms. The summed E-state index contributed by atoms with van der Waals surface area (Å²) < 4.78 is 7.58. The monoisotopic (exact) mass is 324 g/mol. The zero-order chi connectivity index (χ0) is 13.6. The number of hydrogen-bond acceptors (Lipinski definition) is 4. The molecule has 3 heterocycles. The Kier molecular flexibility index (Phi) is 2.93. The SMILES string of the molecule is CC(C)C1COC(=O)N1c1ccn2ncc(Br)c2n1. The number of carbonyl (C=O) groups is 1. The average molecular weight is 325 g/mol. The third kappa shape index (κ3) is 1.98. The normalized spacial score (nSPS) is 19.5. The number of halogens is 1. The van der Waals surface area contributed by atoms with Crippen molar-refractivity contribution in [3.8, 4) is 0 Å². The Morgan fingerprint density at radius 3 is 3.05 bits per heavy atom. The van der Waals surface area contributed by atoms with E-state index >= 15 is 0 Å². The van der Waals surface area contributed by atoms with Gasteiger partial charge in [-0.05, 0) is 27.9 Å². The third-order valence-electron chi connectivity index (χ3n) is 3.23. The number of fused-ring (bicyclic) bond motifs is 1. The lowest BCUT2D eigenvalue weighted by Gasteiger charge is -2.23. The van der Waals surface area contributed by atoms with Gasteiger partial charge in [0, 0.05) is 6.20 Å². The summed E-state index contributed by atoms with van der Waals surface area (Å²) in [6.45, 7) is 4.53. The minimum absolute atomic E-state index is 0.0177. The van der Waals surface area contributed by atoms with Gasteiger partial charge in [0.1, 0.15) is 12.4 Å². The summed E-state index contributed by atoms with van der Waals surface area (Å²) >= 11 is 3.39. The van der Waals surface area contributed by atoms with E-state index in [9.17, 15) is 4.79 Å². The zero-order valence-corrected chi connectivity index (χ0v) is 12.2. The summed E-state index contributed by atoms with van der Waals surface area (Å²) in [7, 11) is 0. The van der Waals surface area contributed by atoms with Gasteiger partial charge >= 0.3 is 6.09 Å². The van der Waals surface area contributed by atoms with Gasteiger partial charge in [-0.1, -0.05) is 13.8 Å². The molecule has 1 aliphatic heterocycles. The van der Waals surface area contributed by atoms with Gasteiger partial charge in [-0.15, -0.1) is 0 Å². The van der Waals surface area contributed by atoms with Crippen molar-refractivity contribution in [3.63, 3.8) is 0 Å². The summed E-state index contributed by atoms with van der Waals surface area (Å²) in [5.74, 6) is 0.896. The number of carbonyl (C=O) groups excluding carboxylic acids is 1. The van der Waals surface area contributed by atoms with Crippen molar-refractivity contribution in [2.75, 3.05) is 11.5 Å². The van der Waals surface area contributed by atoms with Gasteiger partial charge in [-0.25, -0.2) is 14.3 Å². The molecule has 1 aliphatic rings. The molecule has 7 heteroatoms. The zero-order valence-electron chi connectivity index (χ0n) is 10.6. The molecule has 0 aliphatic carbocycles. The van der Waals surface area contributed by atoms with Crippen LogP contribution in [0.25, 0.3) is 5.65 Å². The number of aromatic nitrogens is 3. The van der Waals surface area contributed by atoms with Crippen molar-refractivity contribution in [3.05, 3.63) is 22.9 Å². The smallest absolute Gasteiger partial charge is 0.415 e. The molecule has 6 nitrogen and oxygen atoms in total. The summed E-state index contributed by atoms with van der Waals surface area (Å²) in [5, 5.41) is 4.13. The second kappa shape index (κ2) is 4.48. The second-order valence-electron chi connectivity index (χ2n) is 4.80. The van der Waals surface area contributed by atoms with Crippen molar-refractivity contribution in [1.29, 1.82) is 0 Å². The van der Waals surface area contributed by atoms with Crippen molar-refractivity contribution < 1.29 is 9.53 Å². The molecule has 100 valence electrons. The quantitative estimate of drug-likeness (QED) is 0.851. The van der Waals surface area contributed by atoms with Crippen molar-refractivity contribution in [1.82, 2.24) is 14.6 Å². The number of cyclic esters (lactones) is 1. The van der Waals surface area contributed by atoms with Gasteiger partial charge < -0.3 is 4.74 Å². The topological polar surface area (TPSA) is 59.7 Å². The van der Waals surface area contributed by atoms with Crippen LogP contribution in [0, 0.1) is 5.92 Å². The molecule has 0 radical (unpaired) electrons. The molecular weight excluding hydrogens is 312 g/mol. The fourth-order valence-corrected chi connectivity index (χ4v) is 2.52. The number of hydrogen-bond donors (Lipinski definition) is 0. The lowest BCUT2D eigenvalue weighted by Crippen LogP contribution is -2.37. The van der Waals surface area contributed by atoms with Gasteiger partial charge in [-0.3, -0.25) is 4.90 Å². The standard InChI is InChI=1S/C12H13BrN4O2/c1-7(2)9-6-19-12(18)17(9)10-3-4-16-11(15-10)8(13)5-14-16/h3-5,7,9H,6H2,1-2H3. The number of nitrogens with zero attached hydrogens (tertiary/aromatic N) is 4. The Bertz CT molecular complexity index is 640. The Morgan fingerprint density at radius 1 is 1.53 bits per heavy atom. The lowest BCUT2D eigenvalue weighted by atomic mass is 10.0. The molecule has 3 rings (SSSR count). The highest BCUT2D eigenvalue weighted by Crippen LogP contribution is 2.27. The molecule has 2 aromatic heterocycles. The van der Waals surface area contributed by atoms with E-state index in [-0.39, 0.29) is 12.1 Å². The van der Waals surface area contributed by atoms with Gasteiger partial charge in [-0.2, -0.15) is 5.10 Å². The van der Waals surface area contributed by atoms with E-state index in [0.29, 0.717) is 24.0 Å². The van der Waals surface area contributed by atoms with E-state index in [0.717, 1.165) is 4.47 Å². The molecule has 2 aromatic rings. The Morgan fingerprint density at radius 2 is 2.32 bits per heavy atom. The molecule has 0 N–H and O–H groups in total. The van der Waals surface area contributed by atoms with Crippen LogP contribution in [-0.4, -0.2) is 33.3 Å². The summed E-state index contributed by atoms with van der Waals surface area (Å²) in [6, 6.07) is 1.79. The van der Waals surface area contributed by atoms with Gasteiger partial charge in [0.05, 0.1) is 16.7 Å². The van der Waals surface area contributed by atoms with Crippen molar-refractivity contribution in [2.24, 2.45) is 5.92 Å². The molecule has 1 atom stereocenters. The third-order valence-corrected chi connectivity index (χ3v) is 3.79. The average Bonchev–Trinajstić information content (AvgIpc) is 2.93. The maximum atomic E-state index is 11.9. The van der Waals surface area contributed by atoms with E-state index in [1.54, 1.807) is 27.9 Å². The highest BCUT2D eigenvalue weighted by molar-refractivity contribution is 9.10. The first-order valence-corrected chi connectivity index (χ1v) is 6.83. The number of ether oxygens (including phenoxy) is 1. The highest BCUT2D eigenvalue weighted by atomic mass is 79.9. The molecule has 0 saturated carbocycles. The van der Waals surface area contributed by atoms with Gasteiger partial charge in [0.2, 0.25) is 0 Å². The molecule has 0 spiro atoms. The number of anilines is 1. The van der Waals surface area contributed by atoms with Crippen LogP contribution in [0.3, 0.4) is 0 Å². The van der Waals surface area contributed by atoms with Crippen molar-refractivity contribution in [2.45, 2.75) is 19.9 Å². The van der Waals surface area contributed by atoms with Gasteiger partial charge in [0.25, 0.3) is 0 Å². The Labute approximate surface area is 118 Å².